The van der Waals surface area contributed by atoms with E-state index in [1.807, 2.05) is 30.3 Å². The number of aryl methyl sites for hydroxylation is 1. The minimum Gasteiger partial charge on any atom is -0.439 e. The molecule has 0 fully saturated rings. The molecule has 0 radical (unpaired) electrons. The van der Waals surface area contributed by atoms with E-state index >= 15 is 0 Å². The highest BCUT2D eigenvalue weighted by Crippen LogP contribution is 2.29. The molecule has 2 aromatic rings. The molecule has 2 rings (SSSR count). The second-order valence-electron chi connectivity index (χ2n) is 4.89. The molecule has 0 spiro atoms. The SMILES string of the molecule is CCNC(C)c1cccnc1Oc1ccc(Cl)c(CC)c1. The summed E-state index contributed by atoms with van der Waals surface area (Å²) < 4.78 is 5.96. The zero-order chi connectivity index (χ0) is 15.2. The third kappa shape index (κ3) is 3.96. The van der Waals surface area contributed by atoms with Crippen LogP contribution in [0.5, 0.6) is 11.6 Å². The minimum absolute atomic E-state index is 0.191. The van der Waals surface area contributed by atoms with Gasteiger partial charge in [-0.2, -0.15) is 0 Å². The van der Waals surface area contributed by atoms with Gasteiger partial charge in [-0.05, 0) is 49.7 Å². The van der Waals surface area contributed by atoms with Crippen LogP contribution in [0.25, 0.3) is 0 Å². The maximum atomic E-state index is 6.14. The molecule has 1 aromatic heterocycles. The zero-order valence-corrected chi connectivity index (χ0v) is 13.4. The van der Waals surface area contributed by atoms with E-state index in [1.165, 1.54) is 0 Å². The molecule has 0 aliphatic carbocycles. The molecule has 0 aliphatic heterocycles. The predicted molar refractivity (Wildman–Crippen MR) is 87.2 cm³/mol. The Hall–Kier alpha value is -1.58. The smallest absolute Gasteiger partial charge is 0.223 e. The van der Waals surface area contributed by atoms with Crippen LogP contribution in [0.3, 0.4) is 0 Å². The fraction of sp³-hybridized carbons (Fsp3) is 0.353. The molecule has 1 atom stereocenters. The Kier molecular flexibility index (Phi) is 5.59. The standard InChI is InChI=1S/C17H21ClN2O/c1-4-13-11-14(8-9-16(13)18)21-17-15(7-6-10-20-17)12(3)19-5-2/h6-12,19H,4-5H2,1-3H3. The molecule has 0 aliphatic rings. The first-order chi connectivity index (χ1) is 10.2. The lowest BCUT2D eigenvalue weighted by Gasteiger charge is -2.16. The molecule has 4 heteroatoms. The van der Waals surface area contributed by atoms with Crippen LogP contribution in [0, 0.1) is 0 Å². The van der Waals surface area contributed by atoms with Crippen molar-refractivity contribution < 1.29 is 4.74 Å². The van der Waals surface area contributed by atoms with E-state index in [9.17, 15) is 0 Å². The van der Waals surface area contributed by atoms with Crippen LogP contribution in [-0.4, -0.2) is 11.5 Å². The lowest BCUT2D eigenvalue weighted by molar-refractivity contribution is 0.443. The van der Waals surface area contributed by atoms with E-state index in [2.05, 4.69) is 31.1 Å². The van der Waals surface area contributed by atoms with Gasteiger partial charge in [-0.3, -0.25) is 0 Å². The Morgan fingerprint density at radius 1 is 1.29 bits per heavy atom. The fourth-order valence-electron chi connectivity index (χ4n) is 2.23. The molecule has 0 bridgehead atoms. The number of hydrogen-bond donors (Lipinski definition) is 1. The first-order valence-electron chi connectivity index (χ1n) is 7.30. The van der Waals surface area contributed by atoms with Gasteiger partial charge < -0.3 is 10.1 Å². The van der Waals surface area contributed by atoms with E-state index in [-0.39, 0.29) is 6.04 Å². The van der Waals surface area contributed by atoms with Crippen LogP contribution in [-0.2, 0) is 6.42 Å². The van der Waals surface area contributed by atoms with Crippen molar-refractivity contribution in [3.8, 4) is 11.6 Å². The maximum Gasteiger partial charge on any atom is 0.223 e. The number of pyridine rings is 1. The lowest BCUT2D eigenvalue weighted by Crippen LogP contribution is -2.18. The van der Waals surface area contributed by atoms with Gasteiger partial charge in [0.25, 0.3) is 0 Å². The fourth-order valence-corrected chi connectivity index (χ4v) is 2.48. The van der Waals surface area contributed by atoms with E-state index in [0.29, 0.717) is 5.88 Å². The number of nitrogens with one attached hydrogen (secondary N) is 1. The van der Waals surface area contributed by atoms with Crippen LogP contribution in [0.15, 0.2) is 36.5 Å². The molecule has 21 heavy (non-hydrogen) atoms. The summed E-state index contributed by atoms with van der Waals surface area (Å²) in [5, 5.41) is 4.15. The summed E-state index contributed by atoms with van der Waals surface area (Å²) in [6.45, 7) is 7.16. The van der Waals surface area contributed by atoms with Gasteiger partial charge in [-0.15, -0.1) is 0 Å². The molecule has 0 saturated carbocycles. The molecule has 1 aromatic carbocycles. The van der Waals surface area contributed by atoms with Gasteiger partial charge in [0.15, 0.2) is 0 Å². The summed E-state index contributed by atoms with van der Waals surface area (Å²) in [5.74, 6) is 1.40. The van der Waals surface area contributed by atoms with E-state index in [4.69, 9.17) is 16.3 Å². The van der Waals surface area contributed by atoms with Gasteiger partial charge in [0.2, 0.25) is 5.88 Å². The van der Waals surface area contributed by atoms with Crippen molar-refractivity contribution in [1.29, 1.82) is 0 Å². The number of ether oxygens (including phenoxy) is 1. The van der Waals surface area contributed by atoms with Gasteiger partial charge in [0, 0.05) is 22.8 Å². The molecule has 3 nitrogen and oxygen atoms in total. The van der Waals surface area contributed by atoms with Crippen molar-refractivity contribution in [1.82, 2.24) is 10.3 Å². The molecular weight excluding hydrogens is 284 g/mol. The summed E-state index contributed by atoms with van der Waals surface area (Å²) in [4.78, 5) is 4.36. The lowest BCUT2D eigenvalue weighted by atomic mass is 10.1. The minimum atomic E-state index is 0.191. The van der Waals surface area contributed by atoms with Gasteiger partial charge in [0.05, 0.1) is 0 Å². The Labute approximate surface area is 131 Å². The number of nitrogens with zero attached hydrogens (tertiary/aromatic N) is 1. The molecule has 112 valence electrons. The van der Waals surface area contributed by atoms with Gasteiger partial charge in [0.1, 0.15) is 5.75 Å². The summed E-state index contributed by atoms with van der Waals surface area (Å²) in [6.07, 6.45) is 2.62. The Bertz CT molecular complexity index is 601. The molecular formula is C17H21ClN2O. The predicted octanol–water partition coefficient (Wildman–Crippen LogP) is 4.76. The average Bonchev–Trinajstić information content (AvgIpc) is 2.50. The first-order valence-corrected chi connectivity index (χ1v) is 7.68. The van der Waals surface area contributed by atoms with E-state index in [0.717, 1.165) is 34.9 Å². The third-order valence-electron chi connectivity index (χ3n) is 3.39. The van der Waals surface area contributed by atoms with Gasteiger partial charge >= 0.3 is 0 Å². The van der Waals surface area contributed by atoms with Crippen LogP contribution < -0.4 is 10.1 Å². The van der Waals surface area contributed by atoms with Crippen LogP contribution in [0.1, 0.15) is 37.9 Å². The number of halogens is 1. The molecule has 1 unspecified atom stereocenters. The second kappa shape index (κ2) is 7.43. The number of hydrogen-bond acceptors (Lipinski definition) is 3. The highest BCUT2D eigenvalue weighted by molar-refractivity contribution is 6.31. The normalized spacial score (nSPS) is 12.2. The number of rotatable bonds is 6. The highest BCUT2D eigenvalue weighted by atomic mass is 35.5. The van der Waals surface area contributed by atoms with Crippen molar-refractivity contribution in [3.05, 3.63) is 52.7 Å². The summed E-state index contributed by atoms with van der Waals surface area (Å²) in [6, 6.07) is 9.86. The summed E-state index contributed by atoms with van der Waals surface area (Å²) in [5.41, 5.74) is 2.12. The molecule has 0 amide bonds. The van der Waals surface area contributed by atoms with Gasteiger partial charge in [-0.25, -0.2) is 4.98 Å². The van der Waals surface area contributed by atoms with Gasteiger partial charge in [-0.1, -0.05) is 31.5 Å². The summed E-state index contributed by atoms with van der Waals surface area (Å²) in [7, 11) is 0. The van der Waals surface area contributed by atoms with E-state index in [1.54, 1.807) is 6.20 Å². The first kappa shape index (κ1) is 15.8. The number of aromatic nitrogens is 1. The zero-order valence-electron chi connectivity index (χ0n) is 12.7. The van der Waals surface area contributed by atoms with E-state index < -0.39 is 0 Å². The summed E-state index contributed by atoms with van der Waals surface area (Å²) >= 11 is 6.14. The quantitative estimate of drug-likeness (QED) is 0.835. The average molecular weight is 305 g/mol. The second-order valence-corrected chi connectivity index (χ2v) is 5.29. The van der Waals surface area contributed by atoms with Crippen molar-refractivity contribution >= 4 is 11.6 Å². The topological polar surface area (TPSA) is 34.2 Å². The monoisotopic (exact) mass is 304 g/mol. The molecule has 1 N–H and O–H groups in total. The van der Waals surface area contributed by atoms with Crippen LogP contribution in [0.4, 0.5) is 0 Å². The Balaban J connectivity index is 2.27. The molecule has 1 heterocycles. The van der Waals surface area contributed by atoms with Crippen LogP contribution >= 0.6 is 11.6 Å². The Morgan fingerprint density at radius 2 is 2.10 bits per heavy atom. The largest absolute Gasteiger partial charge is 0.439 e. The number of benzene rings is 1. The Morgan fingerprint density at radius 3 is 2.81 bits per heavy atom. The van der Waals surface area contributed by atoms with Crippen molar-refractivity contribution in [2.24, 2.45) is 0 Å². The van der Waals surface area contributed by atoms with Crippen molar-refractivity contribution in [2.75, 3.05) is 6.54 Å². The highest BCUT2D eigenvalue weighted by Gasteiger charge is 2.12. The third-order valence-corrected chi connectivity index (χ3v) is 3.76. The molecule has 0 saturated heterocycles. The van der Waals surface area contributed by atoms with Crippen molar-refractivity contribution in [2.45, 2.75) is 33.2 Å². The van der Waals surface area contributed by atoms with Crippen molar-refractivity contribution in [3.63, 3.8) is 0 Å². The maximum absolute atomic E-state index is 6.14. The van der Waals surface area contributed by atoms with Crippen LogP contribution in [0.2, 0.25) is 5.02 Å².